The molecule has 1 aliphatic rings. The van der Waals surface area contributed by atoms with Gasteiger partial charge in [-0.3, -0.25) is 4.79 Å². The minimum atomic E-state index is -0.760. The molecular formula is C11H19NO3. The van der Waals surface area contributed by atoms with E-state index in [2.05, 4.69) is 0 Å². The summed E-state index contributed by atoms with van der Waals surface area (Å²) >= 11 is 0. The van der Waals surface area contributed by atoms with E-state index in [0.717, 1.165) is 12.8 Å². The normalized spacial score (nSPS) is 26.5. The van der Waals surface area contributed by atoms with Crippen LogP contribution in [-0.2, 0) is 9.59 Å². The number of Topliss-reactive ketones (excluding diaryl/α,β-unsaturated/α-hetero) is 1. The van der Waals surface area contributed by atoms with Gasteiger partial charge in [-0.25, -0.2) is 0 Å². The second-order valence-electron chi connectivity index (χ2n) is 4.62. The maximum absolute atomic E-state index is 11.7. The number of carbonyl (C=O) groups is 2. The van der Waals surface area contributed by atoms with Gasteiger partial charge in [0.1, 0.15) is 5.78 Å². The van der Waals surface area contributed by atoms with Crippen LogP contribution in [0.5, 0.6) is 0 Å². The SMILES string of the molecule is CC(=O)CCC(=O)N1CCCC(C)(O)C1. The fraction of sp³-hybridized carbons (Fsp3) is 0.818. The van der Waals surface area contributed by atoms with Crippen LogP contribution in [0.15, 0.2) is 0 Å². The molecule has 1 saturated heterocycles. The predicted octanol–water partition coefficient (Wildman–Crippen LogP) is 0.729. The zero-order chi connectivity index (χ0) is 11.5. The molecule has 1 fully saturated rings. The van der Waals surface area contributed by atoms with E-state index in [1.54, 1.807) is 11.8 Å². The molecule has 1 amide bonds. The Labute approximate surface area is 90.3 Å². The van der Waals surface area contributed by atoms with Crippen LogP contribution < -0.4 is 0 Å². The quantitative estimate of drug-likeness (QED) is 0.752. The predicted molar refractivity (Wildman–Crippen MR) is 56.4 cm³/mol. The first-order valence-electron chi connectivity index (χ1n) is 5.40. The number of carbonyl (C=O) groups excluding carboxylic acids is 2. The molecule has 0 saturated carbocycles. The topological polar surface area (TPSA) is 57.6 Å². The molecule has 15 heavy (non-hydrogen) atoms. The van der Waals surface area contributed by atoms with Crippen molar-refractivity contribution in [3.8, 4) is 0 Å². The average Bonchev–Trinajstić information content (AvgIpc) is 2.12. The number of hydrogen-bond acceptors (Lipinski definition) is 3. The highest BCUT2D eigenvalue weighted by Gasteiger charge is 2.30. The molecule has 1 aliphatic heterocycles. The van der Waals surface area contributed by atoms with Gasteiger partial charge in [-0.15, -0.1) is 0 Å². The van der Waals surface area contributed by atoms with E-state index in [9.17, 15) is 14.7 Å². The van der Waals surface area contributed by atoms with Crippen LogP contribution in [0, 0.1) is 0 Å². The Bertz CT molecular complexity index is 261. The maximum atomic E-state index is 11.7. The highest BCUT2D eigenvalue weighted by Crippen LogP contribution is 2.20. The first-order chi connectivity index (χ1) is 6.91. The molecule has 1 unspecified atom stereocenters. The summed E-state index contributed by atoms with van der Waals surface area (Å²) in [5.74, 6) is 0.0114. The highest BCUT2D eigenvalue weighted by atomic mass is 16.3. The number of amides is 1. The summed E-state index contributed by atoms with van der Waals surface area (Å²) in [5, 5.41) is 9.81. The number of rotatable bonds is 3. The van der Waals surface area contributed by atoms with Crippen LogP contribution in [0.3, 0.4) is 0 Å². The Kier molecular flexibility index (Phi) is 3.85. The summed E-state index contributed by atoms with van der Waals surface area (Å²) in [6.45, 7) is 4.33. The van der Waals surface area contributed by atoms with Gasteiger partial charge in [0, 0.05) is 25.9 Å². The van der Waals surface area contributed by atoms with E-state index in [0.29, 0.717) is 19.5 Å². The van der Waals surface area contributed by atoms with Crippen molar-refractivity contribution in [1.82, 2.24) is 4.90 Å². The minimum absolute atomic E-state index is 0.0230. The number of aliphatic hydroxyl groups is 1. The second-order valence-corrected chi connectivity index (χ2v) is 4.62. The summed E-state index contributed by atoms with van der Waals surface area (Å²) < 4.78 is 0. The third-order valence-corrected chi connectivity index (χ3v) is 2.72. The van der Waals surface area contributed by atoms with Gasteiger partial charge in [-0.2, -0.15) is 0 Å². The molecule has 1 atom stereocenters. The monoisotopic (exact) mass is 213 g/mol. The zero-order valence-electron chi connectivity index (χ0n) is 9.45. The molecule has 0 spiro atoms. The number of ketones is 1. The average molecular weight is 213 g/mol. The Morgan fingerprint density at radius 1 is 1.40 bits per heavy atom. The minimum Gasteiger partial charge on any atom is -0.388 e. The number of likely N-dealkylation sites (tertiary alicyclic amines) is 1. The Morgan fingerprint density at radius 2 is 2.07 bits per heavy atom. The van der Waals surface area contributed by atoms with Gasteiger partial charge >= 0.3 is 0 Å². The molecule has 0 aromatic carbocycles. The van der Waals surface area contributed by atoms with E-state index in [4.69, 9.17) is 0 Å². The van der Waals surface area contributed by atoms with Crippen molar-refractivity contribution in [2.45, 2.75) is 45.1 Å². The summed E-state index contributed by atoms with van der Waals surface area (Å²) in [4.78, 5) is 24.1. The molecule has 86 valence electrons. The number of β-amino-alcohol motifs (C(OH)–C–C–N with tert-alkyl or cyclic N) is 1. The molecule has 0 aromatic heterocycles. The van der Waals surface area contributed by atoms with Crippen molar-refractivity contribution < 1.29 is 14.7 Å². The van der Waals surface area contributed by atoms with E-state index in [-0.39, 0.29) is 18.1 Å². The van der Waals surface area contributed by atoms with E-state index >= 15 is 0 Å². The van der Waals surface area contributed by atoms with Crippen LogP contribution in [0.4, 0.5) is 0 Å². The molecule has 0 aliphatic carbocycles. The Balaban J connectivity index is 2.42. The van der Waals surface area contributed by atoms with Crippen molar-refractivity contribution in [2.24, 2.45) is 0 Å². The van der Waals surface area contributed by atoms with Crippen molar-refractivity contribution in [3.05, 3.63) is 0 Å². The van der Waals surface area contributed by atoms with Crippen LogP contribution in [-0.4, -0.2) is 40.4 Å². The van der Waals surface area contributed by atoms with Gasteiger partial charge in [-0.1, -0.05) is 0 Å². The second kappa shape index (κ2) is 4.75. The van der Waals surface area contributed by atoms with Gasteiger partial charge in [0.25, 0.3) is 0 Å². The molecule has 0 aromatic rings. The molecule has 1 rings (SSSR count). The lowest BCUT2D eigenvalue weighted by Crippen LogP contribution is -2.48. The lowest BCUT2D eigenvalue weighted by atomic mass is 9.95. The van der Waals surface area contributed by atoms with Crippen LogP contribution in [0.1, 0.15) is 39.5 Å². The fourth-order valence-electron chi connectivity index (χ4n) is 1.87. The first-order valence-corrected chi connectivity index (χ1v) is 5.40. The van der Waals surface area contributed by atoms with Crippen LogP contribution in [0.25, 0.3) is 0 Å². The highest BCUT2D eigenvalue weighted by molar-refractivity contribution is 5.83. The molecule has 4 nitrogen and oxygen atoms in total. The van der Waals surface area contributed by atoms with E-state index in [1.165, 1.54) is 6.92 Å². The molecule has 0 bridgehead atoms. The lowest BCUT2D eigenvalue weighted by molar-refractivity contribution is -0.138. The van der Waals surface area contributed by atoms with Gasteiger partial charge in [-0.05, 0) is 26.7 Å². The van der Waals surface area contributed by atoms with Crippen LogP contribution in [0.2, 0.25) is 0 Å². The van der Waals surface area contributed by atoms with Gasteiger partial charge in [0.05, 0.1) is 5.60 Å². The van der Waals surface area contributed by atoms with Gasteiger partial charge in [0.2, 0.25) is 5.91 Å². The standard InChI is InChI=1S/C11H19NO3/c1-9(13)4-5-10(14)12-7-3-6-11(2,15)8-12/h15H,3-8H2,1-2H3. The zero-order valence-corrected chi connectivity index (χ0v) is 9.45. The van der Waals surface area contributed by atoms with Crippen molar-refractivity contribution in [3.63, 3.8) is 0 Å². The van der Waals surface area contributed by atoms with Gasteiger partial charge in [0.15, 0.2) is 0 Å². The molecule has 1 N–H and O–H groups in total. The fourth-order valence-corrected chi connectivity index (χ4v) is 1.87. The van der Waals surface area contributed by atoms with Crippen molar-refractivity contribution >= 4 is 11.7 Å². The van der Waals surface area contributed by atoms with Gasteiger partial charge < -0.3 is 14.8 Å². The Hall–Kier alpha value is -0.900. The van der Waals surface area contributed by atoms with E-state index in [1.807, 2.05) is 0 Å². The molecule has 0 radical (unpaired) electrons. The molecule has 1 heterocycles. The van der Waals surface area contributed by atoms with Crippen molar-refractivity contribution in [2.75, 3.05) is 13.1 Å². The summed E-state index contributed by atoms with van der Waals surface area (Å²) in [7, 11) is 0. The lowest BCUT2D eigenvalue weighted by Gasteiger charge is -2.36. The maximum Gasteiger partial charge on any atom is 0.223 e. The third-order valence-electron chi connectivity index (χ3n) is 2.72. The Morgan fingerprint density at radius 3 is 2.60 bits per heavy atom. The smallest absolute Gasteiger partial charge is 0.223 e. The summed E-state index contributed by atoms with van der Waals surface area (Å²) in [5.41, 5.74) is -0.760. The molecule has 4 heteroatoms. The van der Waals surface area contributed by atoms with Crippen LogP contribution >= 0.6 is 0 Å². The number of hydrogen-bond donors (Lipinski definition) is 1. The number of piperidine rings is 1. The summed E-state index contributed by atoms with van der Waals surface area (Å²) in [6.07, 6.45) is 2.14. The summed E-state index contributed by atoms with van der Waals surface area (Å²) in [6, 6.07) is 0. The first kappa shape index (κ1) is 12.2. The largest absolute Gasteiger partial charge is 0.388 e. The third kappa shape index (κ3) is 4.00. The molecular weight excluding hydrogens is 194 g/mol. The van der Waals surface area contributed by atoms with Crippen molar-refractivity contribution in [1.29, 1.82) is 0 Å². The number of nitrogens with zero attached hydrogens (tertiary/aromatic N) is 1. The van der Waals surface area contributed by atoms with E-state index < -0.39 is 5.60 Å².